The summed E-state index contributed by atoms with van der Waals surface area (Å²) < 4.78 is 0. The van der Waals surface area contributed by atoms with Crippen LogP contribution in [0.4, 0.5) is 0 Å². The van der Waals surface area contributed by atoms with Crippen molar-refractivity contribution in [2.45, 2.75) is 78.2 Å². The zero-order valence-electron chi connectivity index (χ0n) is 14.1. The Morgan fingerprint density at radius 1 is 1.24 bits per heavy atom. The van der Waals surface area contributed by atoms with Crippen LogP contribution < -0.4 is 11.1 Å². The molecule has 0 heterocycles. The first kappa shape index (κ1) is 18.0. The number of unbranched alkanes of at least 4 members (excludes halogenated alkanes) is 1. The SMILES string of the molecule is CCCCC(C(N)=O)C(CC1CCC1)C(=O)NC(C)(C)C. The van der Waals surface area contributed by atoms with Crippen LogP contribution in [0.3, 0.4) is 0 Å². The molecule has 2 amide bonds. The maximum absolute atomic E-state index is 12.6. The fourth-order valence-electron chi connectivity index (χ4n) is 2.97. The van der Waals surface area contributed by atoms with Gasteiger partial charge in [0.15, 0.2) is 0 Å². The largest absolute Gasteiger partial charge is 0.369 e. The molecular formula is C17H32N2O2. The molecule has 4 heteroatoms. The van der Waals surface area contributed by atoms with Crippen molar-refractivity contribution < 1.29 is 9.59 Å². The Kier molecular flexibility index (Phi) is 6.69. The minimum atomic E-state index is -0.326. The molecule has 3 N–H and O–H groups in total. The predicted molar refractivity (Wildman–Crippen MR) is 85.6 cm³/mol. The standard InChI is InChI=1S/C17H32N2O2/c1-5-6-10-13(15(18)20)14(11-12-8-7-9-12)16(21)19-17(2,3)4/h12-14H,5-11H2,1-4H3,(H2,18,20)(H,19,21). The molecule has 0 aliphatic heterocycles. The summed E-state index contributed by atoms with van der Waals surface area (Å²) in [7, 11) is 0. The minimum Gasteiger partial charge on any atom is -0.369 e. The highest BCUT2D eigenvalue weighted by Crippen LogP contribution is 2.36. The fraction of sp³-hybridized carbons (Fsp3) is 0.882. The summed E-state index contributed by atoms with van der Waals surface area (Å²) in [6.45, 7) is 8.00. The van der Waals surface area contributed by atoms with Gasteiger partial charge in [0.1, 0.15) is 0 Å². The van der Waals surface area contributed by atoms with Crippen LogP contribution in [0.5, 0.6) is 0 Å². The zero-order chi connectivity index (χ0) is 16.0. The van der Waals surface area contributed by atoms with Crippen molar-refractivity contribution in [1.82, 2.24) is 5.32 Å². The highest BCUT2D eigenvalue weighted by Gasteiger charge is 2.36. The molecule has 0 aromatic heterocycles. The van der Waals surface area contributed by atoms with Crippen LogP contribution in [0.2, 0.25) is 0 Å². The van der Waals surface area contributed by atoms with Crippen molar-refractivity contribution in [3.8, 4) is 0 Å². The minimum absolute atomic E-state index is 0.00527. The highest BCUT2D eigenvalue weighted by atomic mass is 16.2. The molecule has 0 bridgehead atoms. The van der Waals surface area contributed by atoms with E-state index in [-0.39, 0.29) is 29.2 Å². The summed E-state index contributed by atoms with van der Waals surface area (Å²) in [5.41, 5.74) is 5.32. The Morgan fingerprint density at radius 3 is 2.24 bits per heavy atom. The van der Waals surface area contributed by atoms with Gasteiger partial charge in [-0.15, -0.1) is 0 Å². The summed E-state index contributed by atoms with van der Waals surface area (Å²) in [5.74, 6) is -0.332. The van der Waals surface area contributed by atoms with Crippen LogP contribution in [0.1, 0.15) is 72.6 Å². The van der Waals surface area contributed by atoms with Crippen LogP contribution >= 0.6 is 0 Å². The number of amides is 2. The molecule has 2 atom stereocenters. The maximum atomic E-state index is 12.6. The molecule has 122 valence electrons. The number of hydrogen-bond acceptors (Lipinski definition) is 2. The van der Waals surface area contributed by atoms with Crippen molar-refractivity contribution in [1.29, 1.82) is 0 Å². The average molecular weight is 296 g/mol. The number of nitrogens with two attached hydrogens (primary N) is 1. The number of rotatable bonds is 8. The Labute approximate surface area is 129 Å². The third-order valence-corrected chi connectivity index (χ3v) is 4.37. The van der Waals surface area contributed by atoms with Gasteiger partial charge in [0.2, 0.25) is 11.8 Å². The van der Waals surface area contributed by atoms with E-state index < -0.39 is 0 Å². The van der Waals surface area contributed by atoms with Crippen molar-refractivity contribution in [3.05, 3.63) is 0 Å². The number of carbonyl (C=O) groups is 2. The van der Waals surface area contributed by atoms with Crippen molar-refractivity contribution in [2.75, 3.05) is 0 Å². The summed E-state index contributed by atoms with van der Waals surface area (Å²) in [5, 5.41) is 3.04. The molecule has 1 fully saturated rings. The highest BCUT2D eigenvalue weighted by molar-refractivity contribution is 5.87. The summed E-state index contributed by atoms with van der Waals surface area (Å²) in [4.78, 5) is 24.5. The van der Waals surface area contributed by atoms with Gasteiger partial charge in [-0.05, 0) is 39.5 Å². The monoisotopic (exact) mass is 296 g/mol. The molecule has 0 radical (unpaired) electrons. The predicted octanol–water partition coefficient (Wildman–Crippen LogP) is 3.00. The zero-order valence-corrected chi connectivity index (χ0v) is 14.1. The second-order valence-electron chi connectivity index (χ2n) is 7.53. The van der Waals surface area contributed by atoms with Crippen molar-refractivity contribution >= 4 is 11.8 Å². The molecule has 0 saturated heterocycles. The normalized spacial score (nSPS) is 18.7. The molecule has 2 unspecified atom stereocenters. The molecule has 1 aliphatic carbocycles. The Morgan fingerprint density at radius 2 is 1.86 bits per heavy atom. The Hall–Kier alpha value is -1.06. The van der Waals surface area contributed by atoms with Gasteiger partial charge in [-0.1, -0.05) is 39.0 Å². The molecule has 4 nitrogen and oxygen atoms in total. The van der Waals surface area contributed by atoms with E-state index in [9.17, 15) is 9.59 Å². The van der Waals surface area contributed by atoms with Gasteiger partial charge < -0.3 is 11.1 Å². The van der Waals surface area contributed by atoms with Crippen LogP contribution in [0, 0.1) is 17.8 Å². The number of primary amides is 1. The third-order valence-electron chi connectivity index (χ3n) is 4.37. The molecule has 1 saturated carbocycles. The van der Waals surface area contributed by atoms with Gasteiger partial charge >= 0.3 is 0 Å². The first-order chi connectivity index (χ1) is 9.74. The second-order valence-corrected chi connectivity index (χ2v) is 7.53. The van der Waals surface area contributed by atoms with Crippen molar-refractivity contribution in [3.63, 3.8) is 0 Å². The number of nitrogens with one attached hydrogen (secondary N) is 1. The van der Waals surface area contributed by atoms with E-state index in [0.29, 0.717) is 5.92 Å². The summed E-state index contributed by atoms with van der Waals surface area (Å²) >= 11 is 0. The Balaban J connectivity index is 2.81. The molecule has 0 aromatic carbocycles. The van der Waals surface area contributed by atoms with E-state index in [0.717, 1.165) is 25.7 Å². The first-order valence-electron chi connectivity index (χ1n) is 8.36. The molecule has 0 aromatic rings. The van der Waals surface area contributed by atoms with E-state index >= 15 is 0 Å². The van der Waals surface area contributed by atoms with Crippen LogP contribution in [-0.2, 0) is 9.59 Å². The smallest absolute Gasteiger partial charge is 0.224 e. The van der Waals surface area contributed by atoms with E-state index in [1.807, 2.05) is 20.8 Å². The van der Waals surface area contributed by atoms with Gasteiger partial charge in [0.25, 0.3) is 0 Å². The van der Waals surface area contributed by atoms with E-state index in [2.05, 4.69) is 12.2 Å². The lowest BCUT2D eigenvalue weighted by Gasteiger charge is -2.34. The van der Waals surface area contributed by atoms with E-state index in [1.165, 1.54) is 19.3 Å². The van der Waals surface area contributed by atoms with Gasteiger partial charge in [-0.3, -0.25) is 9.59 Å². The van der Waals surface area contributed by atoms with E-state index in [1.54, 1.807) is 0 Å². The average Bonchev–Trinajstić information content (AvgIpc) is 2.28. The lowest BCUT2D eigenvalue weighted by molar-refractivity contribution is -0.135. The summed E-state index contributed by atoms with van der Waals surface area (Å²) in [6.07, 6.45) is 7.09. The number of carbonyl (C=O) groups excluding carboxylic acids is 2. The topological polar surface area (TPSA) is 72.2 Å². The lowest BCUT2D eigenvalue weighted by Crippen LogP contribution is -2.48. The van der Waals surface area contributed by atoms with Gasteiger partial charge in [0.05, 0.1) is 0 Å². The molecule has 21 heavy (non-hydrogen) atoms. The molecular weight excluding hydrogens is 264 g/mol. The van der Waals surface area contributed by atoms with Crippen LogP contribution in [0.25, 0.3) is 0 Å². The van der Waals surface area contributed by atoms with Crippen LogP contribution in [0.15, 0.2) is 0 Å². The number of hydrogen-bond donors (Lipinski definition) is 2. The molecule has 1 aliphatic rings. The Bertz CT molecular complexity index is 356. The lowest BCUT2D eigenvalue weighted by atomic mass is 9.73. The quantitative estimate of drug-likeness (QED) is 0.722. The fourth-order valence-corrected chi connectivity index (χ4v) is 2.97. The van der Waals surface area contributed by atoms with Crippen molar-refractivity contribution in [2.24, 2.45) is 23.5 Å². The third kappa shape index (κ3) is 6.06. The van der Waals surface area contributed by atoms with Gasteiger partial charge in [-0.25, -0.2) is 0 Å². The van der Waals surface area contributed by atoms with Crippen LogP contribution in [-0.4, -0.2) is 17.4 Å². The second kappa shape index (κ2) is 7.81. The maximum Gasteiger partial charge on any atom is 0.224 e. The van der Waals surface area contributed by atoms with Gasteiger partial charge in [-0.2, -0.15) is 0 Å². The van der Waals surface area contributed by atoms with E-state index in [4.69, 9.17) is 5.73 Å². The molecule has 1 rings (SSSR count). The molecule has 0 spiro atoms. The summed E-state index contributed by atoms with van der Waals surface area (Å²) in [6, 6.07) is 0. The first-order valence-corrected chi connectivity index (χ1v) is 8.36. The van der Waals surface area contributed by atoms with Gasteiger partial charge in [0, 0.05) is 17.4 Å².